The van der Waals surface area contributed by atoms with Gasteiger partial charge in [-0.3, -0.25) is 9.20 Å². The van der Waals surface area contributed by atoms with Crippen LogP contribution in [0.2, 0.25) is 0 Å². The van der Waals surface area contributed by atoms with Gasteiger partial charge in [0, 0.05) is 6.20 Å². The van der Waals surface area contributed by atoms with Crippen LogP contribution in [0.25, 0.3) is 5.65 Å². The standard InChI is InChI=1S/C13H16N2O2/c1-3-4-5-10-12(16)14-11-8-9(2)6-7-15(11)13(10)17/h6-8,16H,3-5H2,1-2H3. The highest BCUT2D eigenvalue weighted by molar-refractivity contribution is 5.44. The number of fused-ring (bicyclic) bond motifs is 1. The van der Waals surface area contributed by atoms with Gasteiger partial charge in [-0.15, -0.1) is 0 Å². The molecule has 0 aromatic carbocycles. The third-order valence-electron chi connectivity index (χ3n) is 2.84. The fourth-order valence-electron chi connectivity index (χ4n) is 1.84. The molecule has 2 aromatic rings. The molecule has 0 atom stereocenters. The van der Waals surface area contributed by atoms with Crippen molar-refractivity contribution in [3.63, 3.8) is 0 Å². The molecule has 0 aliphatic carbocycles. The minimum Gasteiger partial charge on any atom is -0.493 e. The molecule has 2 heterocycles. The van der Waals surface area contributed by atoms with E-state index in [1.807, 2.05) is 19.9 Å². The number of aromatic nitrogens is 2. The molecule has 2 aromatic heterocycles. The zero-order chi connectivity index (χ0) is 12.4. The second kappa shape index (κ2) is 4.57. The average Bonchev–Trinajstić information content (AvgIpc) is 2.28. The lowest BCUT2D eigenvalue weighted by Gasteiger charge is -2.06. The highest BCUT2D eigenvalue weighted by Crippen LogP contribution is 2.14. The molecule has 4 nitrogen and oxygen atoms in total. The van der Waals surface area contributed by atoms with E-state index in [2.05, 4.69) is 4.98 Å². The molecule has 0 aliphatic rings. The molecule has 4 heteroatoms. The lowest BCUT2D eigenvalue weighted by atomic mass is 10.1. The minimum absolute atomic E-state index is 0.131. The van der Waals surface area contributed by atoms with Gasteiger partial charge < -0.3 is 5.11 Å². The zero-order valence-electron chi connectivity index (χ0n) is 10.1. The van der Waals surface area contributed by atoms with E-state index in [0.29, 0.717) is 17.6 Å². The second-order valence-electron chi connectivity index (χ2n) is 4.25. The van der Waals surface area contributed by atoms with Gasteiger partial charge in [0.2, 0.25) is 5.88 Å². The summed E-state index contributed by atoms with van der Waals surface area (Å²) in [4.78, 5) is 16.2. The average molecular weight is 232 g/mol. The van der Waals surface area contributed by atoms with Gasteiger partial charge in [-0.1, -0.05) is 13.3 Å². The van der Waals surface area contributed by atoms with E-state index in [4.69, 9.17) is 0 Å². The molecule has 0 saturated carbocycles. The van der Waals surface area contributed by atoms with Gasteiger partial charge in [0.1, 0.15) is 5.65 Å². The van der Waals surface area contributed by atoms with Gasteiger partial charge in [0.15, 0.2) is 0 Å². The van der Waals surface area contributed by atoms with Crippen molar-refractivity contribution >= 4 is 5.65 Å². The Morgan fingerprint density at radius 2 is 2.24 bits per heavy atom. The fraction of sp³-hybridized carbons (Fsp3) is 0.385. The van der Waals surface area contributed by atoms with Gasteiger partial charge >= 0.3 is 0 Å². The molecular weight excluding hydrogens is 216 g/mol. The van der Waals surface area contributed by atoms with Gasteiger partial charge in [-0.25, -0.2) is 0 Å². The topological polar surface area (TPSA) is 54.6 Å². The highest BCUT2D eigenvalue weighted by atomic mass is 16.3. The van der Waals surface area contributed by atoms with Gasteiger partial charge in [-0.05, 0) is 37.5 Å². The van der Waals surface area contributed by atoms with Crippen molar-refractivity contribution in [2.24, 2.45) is 0 Å². The molecule has 0 amide bonds. The van der Waals surface area contributed by atoms with Crippen molar-refractivity contribution in [3.05, 3.63) is 39.8 Å². The maximum absolute atomic E-state index is 12.1. The molecule has 0 aliphatic heterocycles. The summed E-state index contributed by atoms with van der Waals surface area (Å²) in [6.45, 7) is 3.97. The molecule has 0 unspecified atom stereocenters. The lowest BCUT2D eigenvalue weighted by molar-refractivity contribution is 0.443. The van der Waals surface area contributed by atoms with Crippen LogP contribution < -0.4 is 5.56 Å². The number of nitrogens with zero attached hydrogens (tertiary/aromatic N) is 2. The normalized spacial score (nSPS) is 10.9. The van der Waals surface area contributed by atoms with E-state index in [-0.39, 0.29) is 11.4 Å². The molecule has 0 radical (unpaired) electrons. The molecule has 0 saturated heterocycles. The summed E-state index contributed by atoms with van der Waals surface area (Å²) in [6, 6.07) is 3.64. The first kappa shape index (κ1) is 11.6. The first-order valence-corrected chi connectivity index (χ1v) is 5.84. The Morgan fingerprint density at radius 3 is 2.94 bits per heavy atom. The van der Waals surface area contributed by atoms with Crippen molar-refractivity contribution in [2.75, 3.05) is 0 Å². The van der Waals surface area contributed by atoms with Gasteiger partial charge in [0.25, 0.3) is 5.56 Å². The Bertz CT molecular complexity index is 602. The number of pyridine rings is 1. The predicted octanol–water partition coefficient (Wildman–Crippen LogP) is 2.05. The third kappa shape index (κ3) is 2.16. The maximum Gasteiger partial charge on any atom is 0.264 e. The Balaban J connectivity index is 2.63. The smallest absolute Gasteiger partial charge is 0.264 e. The summed E-state index contributed by atoms with van der Waals surface area (Å²) in [5, 5.41) is 9.78. The molecule has 0 fully saturated rings. The van der Waals surface area contributed by atoms with E-state index in [1.54, 1.807) is 12.3 Å². The van der Waals surface area contributed by atoms with E-state index in [0.717, 1.165) is 18.4 Å². The summed E-state index contributed by atoms with van der Waals surface area (Å²) >= 11 is 0. The van der Waals surface area contributed by atoms with Crippen LogP contribution in [-0.2, 0) is 6.42 Å². The van der Waals surface area contributed by atoms with Crippen LogP contribution >= 0.6 is 0 Å². The van der Waals surface area contributed by atoms with Crippen LogP contribution in [0.5, 0.6) is 5.88 Å². The SMILES string of the molecule is CCCCc1c(O)nc2cc(C)ccn2c1=O. The van der Waals surface area contributed by atoms with Crippen LogP contribution in [0.4, 0.5) is 0 Å². The molecule has 17 heavy (non-hydrogen) atoms. The molecular formula is C13H16N2O2. The third-order valence-corrected chi connectivity index (χ3v) is 2.84. The van der Waals surface area contributed by atoms with E-state index < -0.39 is 0 Å². The monoisotopic (exact) mass is 232 g/mol. The van der Waals surface area contributed by atoms with E-state index >= 15 is 0 Å². The Morgan fingerprint density at radius 1 is 1.47 bits per heavy atom. The van der Waals surface area contributed by atoms with E-state index in [1.165, 1.54) is 4.40 Å². The first-order valence-electron chi connectivity index (χ1n) is 5.84. The lowest BCUT2D eigenvalue weighted by Crippen LogP contribution is -2.19. The van der Waals surface area contributed by atoms with E-state index in [9.17, 15) is 9.90 Å². The number of aryl methyl sites for hydroxylation is 1. The number of aromatic hydroxyl groups is 1. The highest BCUT2D eigenvalue weighted by Gasteiger charge is 2.11. The number of rotatable bonds is 3. The largest absolute Gasteiger partial charge is 0.493 e. The van der Waals surface area contributed by atoms with Crippen LogP contribution in [0, 0.1) is 6.92 Å². The molecule has 0 bridgehead atoms. The van der Waals surface area contributed by atoms with Crippen LogP contribution in [0.3, 0.4) is 0 Å². The first-order chi connectivity index (χ1) is 8.13. The minimum atomic E-state index is -0.166. The van der Waals surface area contributed by atoms with Gasteiger partial charge in [0.05, 0.1) is 5.56 Å². The number of hydrogen-bond donors (Lipinski definition) is 1. The molecule has 1 N–H and O–H groups in total. The molecule has 90 valence electrons. The predicted molar refractivity (Wildman–Crippen MR) is 66.5 cm³/mol. The summed E-state index contributed by atoms with van der Waals surface area (Å²) in [6.07, 6.45) is 4.14. The van der Waals surface area contributed by atoms with Crippen LogP contribution in [0.15, 0.2) is 23.1 Å². The fourth-order valence-corrected chi connectivity index (χ4v) is 1.84. The van der Waals surface area contributed by atoms with Crippen molar-refractivity contribution in [1.29, 1.82) is 0 Å². The zero-order valence-corrected chi connectivity index (χ0v) is 10.1. The quantitative estimate of drug-likeness (QED) is 0.881. The molecule has 0 spiro atoms. The van der Waals surface area contributed by atoms with Crippen LogP contribution in [-0.4, -0.2) is 14.5 Å². The molecule has 2 rings (SSSR count). The maximum atomic E-state index is 12.1. The van der Waals surface area contributed by atoms with Crippen LogP contribution in [0.1, 0.15) is 30.9 Å². The Hall–Kier alpha value is -1.84. The Labute approximate surface area is 99.6 Å². The summed E-state index contributed by atoms with van der Waals surface area (Å²) in [5.41, 5.74) is 1.75. The number of unbranched alkanes of at least 4 members (excludes halogenated alkanes) is 1. The second-order valence-corrected chi connectivity index (χ2v) is 4.25. The summed E-state index contributed by atoms with van der Waals surface area (Å²) in [7, 11) is 0. The van der Waals surface area contributed by atoms with Gasteiger partial charge in [-0.2, -0.15) is 4.98 Å². The number of hydrogen-bond acceptors (Lipinski definition) is 3. The summed E-state index contributed by atoms with van der Waals surface area (Å²) in [5.74, 6) is -0.131. The van der Waals surface area contributed by atoms with Crippen molar-refractivity contribution in [2.45, 2.75) is 33.1 Å². The van der Waals surface area contributed by atoms with Crippen molar-refractivity contribution in [1.82, 2.24) is 9.38 Å². The van der Waals surface area contributed by atoms with Crippen molar-refractivity contribution in [3.8, 4) is 5.88 Å². The van der Waals surface area contributed by atoms with Crippen molar-refractivity contribution < 1.29 is 5.11 Å². The summed E-state index contributed by atoms with van der Waals surface area (Å²) < 4.78 is 1.48. The Kier molecular flexibility index (Phi) is 3.13.